The van der Waals surface area contributed by atoms with E-state index in [4.69, 9.17) is 11.6 Å². The van der Waals surface area contributed by atoms with E-state index in [2.05, 4.69) is 42.2 Å². The van der Waals surface area contributed by atoms with Crippen LogP contribution in [0.4, 0.5) is 0 Å². The molecule has 0 radical (unpaired) electrons. The Bertz CT molecular complexity index is 856. The number of amides is 1. The fourth-order valence-corrected chi connectivity index (χ4v) is 4.33. The molecular weight excluding hydrogens is 478 g/mol. The normalized spacial score (nSPS) is 12.2. The summed E-state index contributed by atoms with van der Waals surface area (Å²) in [6.07, 6.45) is 3.56. The van der Waals surface area contributed by atoms with Crippen molar-refractivity contribution >= 4 is 60.7 Å². The third-order valence-electron chi connectivity index (χ3n) is 3.46. The fourth-order valence-electron chi connectivity index (χ4n) is 2.27. The van der Waals surface area contributed by atoms with E-state index >= 15 is 0 Å². The first-order valence-electron chi connectivity index (χ1n) is 6.94. The van der Waals surface area contributed by atoms with E-state index in [1.807, 2.05) is 29.9 Å². The number of thiophene rings is 1. The van der Waals surface area contributed by atoms with Gasteiger partial charge in [-0.05, 0) is 55.6 Å². The molecule has 1 atom stereocenters. The first-order chi connectivity index (χ1) is 11.5. The van der Waals surface area contributed by atoms with Crippen molar-refractivity contribution < 1.29 is 4.79 Å². The molecule has 2 aromatic heterocycles. The summed E-state index contributed by atoms with van der Waals surface area (Å²) >= 11 is 14.2. The second-order valence-corrected chi connectivity index (χ2v) is 8.75. The highest BCUT2D eigenvalue weighted by Gasteiger charge is 2.22. The van der Waals surface area contributed by atoms with Crippen molar-refractivity contribution in [2.24, 2.45) is 7.05 Å². The third kappa shape index (κ3) is 3.74. The summed E-state index contributed by atoms with van der Waals surface area (Å²) in [5.74, 6) is 0.592. The van der Waals surface area contributed by atoms with Crippen LogP contribution in [0.25, 0.3) is 0 Å². The van der Waals surface area contributed by atoms with Gasteiger partial charge in [-0.3, -0.25) is 4.79 Å². The summed E-state index contributed by atoms with van der Waals surface area (Å²) < 4.78 is 3.63. The molecule has 8 heteroatoms. The van der Waals surface area contributed by atoms with Crippen molar-refractivity contribution in [1.82, 2.24) is 14.9 Å². The van der Waals surface area contributed by atoms with Gasteiger partial charge in [-0.2, -0.15) is 0 Å². The van der Waals surface area contributed by atoms with Crippen LogP contribution in [0.3, 0.4) is 0 Å². The van der Waals surface area contributed by atoms with Crippen molar-refractivity contribution in [3.63, 3.8) is 0 Å². The Balaban J connectivity index is 1.94. The van der Waals surface area contributed by atoms with E-state index in [0.717, 1.165) is 19.6 Å². The zero-order valence-corrected chi connectivity index (χ0v) is 17.2. The second kappa shape index (κ2) is 7.39. The minimum Gasteiger partial charge on any atom is -0.337 e. The predicted molar refractivity (Wildman–Crippen MR) is 104 cm³/mol. The molecule has 24 heavy (non-hydrogen) atoms. The van der Waals surface area contributed by atoms with Gasteiger partial charge in [0.2, 0.25) is 0 Å². The molecule has 0 saturated heterocycles. The summed E-state index contributed by atoms with van der Waals surface area (Å²) in [5, 5.41) is 3.70. The number of nitrogens with one attached hydrogen (secondary N) is 1. The maximum absolute atomic E-state index is 12.7. The monoisotopic (exact) mass is 487 g/mol. The number of hydrogen-bond donors (Lipinski definition) is 1. The van der Waals surface area contributed by atoms with E-state index in [0.29, 0.717) is 9.90 Å². The van der Waals surface area contributed by atoms with Crippen molar-refractivity contribution in [1.29, 1.82) is 0 Å². The minimum absolute atomic E-state index is 0.158. The van der Waals surface area contributed by atoms with Gasteiger partial charge in [0.1, 0.15) is 11.9 Å². The molecule has 0 unspecified atom stereocenters. The predicted octanol–water partition coefficient (Wildman–Crippen LogP) is 5.18. The molecular formula is C16H12Br2ClN3OS. The number of nitrogens with zero attached hydrogens (tertiary/aromatic N) is 2. The van der Waals surface area contributed by atoms with Gasteiger partial charge >= 0.3 is 0 Å². The quantitative estimate of drug-likeness (QED) is 0.549. The Hall–Kier alpha value is -1.15. The van der Waals surface area contributed by atoms with Crippen LogP contribution in [0.5, 0.6) is 0 Å². The number of benzene rings is 1. The number of aromatic nitrogens is 2. The molecule has 1 aromatic carbocycles. The summed E-state index contributed by atoms with van der Waals surface area (Å²) in [5.41, 5.74) is 0.914. The largest absolute Gasteiger partial charge is 0.337 e. The third-order valence-corrected chi connectivity index (χ3v) is 6.97. The first kappa shape index (κ1) is 17.7. The topological polar surface area (TPSA) is 46.9 Å². The number of imidazole rings is 1. The van der Waals surface area contributed by atoms with Crippen LogP contribution in [0, 0.1) is 0 Å². The van der Waals surface area contributed by atoms with Crippen molar-refractivity contribution in [3.8, 4) is 0 Å². The number of aryl methyl sites for hydroxylation is 1. The standard InChI is InChI=1S/C16H12Br2ClN3OS/c1-22-7-6-20-15(22)13(9-2-4-10(19)5-3-9)21-16(23)12-8-11(17)14(18)24-12/h2-8,13H,1H3,(H,21,23)/t13-/m0/s1. The van der Waals surface area contributed by atoms with Crippen LogP contribution in [0.1, 0.15) is 27.1 Å². The summed E-state index contributed by atoms with van der Waals surface area (Å²) in [7, 11) is 1.90. The van der Waals surface area contributed by atoms with Gasteiger partial charge in [-0.25, -0.2) is 4.98 Å². The number of halogens is 3. The lowest BCUT2D eigenvalue weighted by molar-refractivity contribution is 0.0945. The highest BCUT2D eigenvalue weighted by molar-refractivity contribution is 9.13. The van der Waals surface area contributed by atoms with Gasteiger partial charge in [0.05, 0.1) is 8.66 Å². The van der Waals surface area contributed by atoms with Gasteiger partial charge in [0.15, 0.2) is 0 Å². The lowest BCUT2D eigenvalue weighted by Gasteiger charge is -2.19. The van der Waals surface area contributed by atoms with Crippen molar-refractivity contribution in [2.75, 3.05) is 0 Å². The van der Waals surface area contributed by atoms with E-state index in [9.17, 15) is 4.79 Å². The van der Waals surface area contributed by atoms with Gasteiger partial charge in [0.25, 0.3) is 5.91 Å². The SMILES string of the molecule is Cn1ccnc1[C@@H](NC(=O)c1cc(Br)c(Br)s1)c1ccc(Cl)cc1. The Morgan fingerprint density at radius 3 is 2.58 bits per heavy atom. The molecule has 1 N–H and O–H groups in total. The lowest BCUT2D eigenvalue weighted by atomic mass is 10.1. The Morgan fingerprint density at radius 1 is 1.33 bits per heavy atom. The zero-order chi connectivity index (χ0) is 17.3. The molecule has 3 rings (SSSR count). The smallest absolute Gasteiger partial charge is 0.262 e. The number of rotatable bonds is 4. The molecule has 4 nitrogen and oxygen atoms in total. The lowest BCUT2D eigenvalue weighted by Crippen LogP contribution is -2.30. The van der Waals surface area contributed by atoms with Crippen LogP contribution in [0.15, 0.2) is 51.0 Å². The van der Waals surface area contributed by atoms with E-state index < -0.39 is 0 Å². The van der Waals surface area contributed by atoms with Gasteiger partial charge < -0.3 is 9.88 Å². The average molecular weight is 490 g/mol. The number of carbonyl (C=O) groups excluding carboxylic acids is 1. The number of carbonyl (C=O) groups is 1. The molecule has 0 spiro atoms. The highest BCUT2D eigenvalue weighted by atomic mass is 79.9. The molecule has 1 amide bonds. The van der Waals surface area contributed by atoms with Gasteiger partial charge in [0, 0.05) is 28.9 Å². The Labute approximate surface area is 165 Å². The molecule has 0 bridgehead atoms. The Kier molecular flexibility index (Phi) is 5.44. The fraction of sp³-hybridized carbons (Fsp3) is 0.125. The van der Waals surface area contributed by atoms with E-state index in [1.54, 1.807) is 24.4 Å². The molecule has 0 saturated carbocycles. The van der Waals surface area contributed by atoms with Gasteiger partial charge in [-0.15, -0.1) is 11.3 Å². The Morgan fingerprint density at radius 2 is 2.04 bits per heavy atom. The van der Waals surface area contributed by atoms with Crippen LogP contribution >= 0.6 is 54.8 Å². The van der Waals surface area contributed by atoms with Crippen molar-refractivity contribution in [2.45, 2.75) is 6.04 Å². The molecule has 0 fully saturated rings. The van der Waals surface area contributed by atoms with Crippen LogP contribution in [-0.2, 0) is 7.05 Å². The van der Waals surface area contributed by atoms with E-state index in [-0.39, 0.29) is 11.9 Å². The maximum Gasteiger partial charge on any atom is 0.262 e. The molecule has 0 aliphatic carbocycles. The molecule has 0 aliphatic rings. The highest BCUT2D eigenvalue weighted by Crippen LogP contribution is 2.33. The molecule has 0 aliphatic heterocycles. The summed E-state index contributed by atoms with van der Waals surface area (Å²) in [6, 6.07) is 8.81. The molecule has 3 aromatic rings. The molecule has 124 valence electrons. The molecule has 2 heterocycles. The zero-order valence-electron chi connectivity index (χ0n) is 12.5. The van der Waals surface area contributed by atoms with Gasteiger partial charge in [-0.1, -0.05) is 23.7 Å². The number of hydrogen-bond acceptors (Lipinski definition) is 3. The summed E-state index contributed by atoms with van der Waals surface area (Å²) in [6.45, 7) is 0. The van der Waals surface area contributed by atoms with E-state index in [1.165, 1.54) is 11.3 Å². The average Bonchev–Trinajstić information content (AvgIpc) is 3.12. The van der Waals surface area contributed by atoms with Crippen LogP contribution < -0.4 is 5.32 Å². The first-order valence-corrected chi connectivity index (χ1v) is 9.72. The van der Waals surface area contributed by atoms with Crippen LogP contribution in [0.2, 0.25) is 5.02 Å². The second-order valence-electron chi connectivity index (χ2n) is 5.09. The van der Waals surface area contributed by atoms with Crippen LogP contribution in [-0.4, -0.2) is 15.5 Å². The maximum atomic E-state index is 12.7. The summed E-state index contributed by atoms with van der Waals surface area (Å²) in [4.78, 5) is 17.7. The minimum atomic E-state index is -0.366. The van der Waals surface area contributed by atoms with Crippen molar-refractivity contribution in [3.05, 3.63) is 72.3 Å².